The molecule has 0 aliphatic carbocycles. The van der Waals surface area contributed by atoms with Crippen molar-refractivity contribution in [2.24, 2.45) is 23.5 Å². The second kappa shape index (κ2) is 57.5. The van der Waals surface area contributed by atoms with E-state index in [1.165, 1.54) is 161 Å². The first-order chi connectivity index (χ1) is 37.2. The Morgan fingerprint density at radius 3 is 0.934 bits per heavy atom. The summed E-state index contributed by atoms with van der Waals surface area (Å²) in [5.74, 6) is 1.31. The van der Waals surface area contributed by atoms with Crippen molar-refractivity contribution < 1.29 is 33.4 Å². The molecule has 0 saturated carbocycles. The van der Waals surface area contributed by atoms with Crippen molar-refractivity contribution in [3.63, 3.8) is 0 Å². The van der Waals surface area contributed by atoms with Crippen LogP contribution in [-0.2, 0) is 33.4 Å². The number of nitrogens with zero attached hydrogens (tertiary/aromatic N) is 1. The third-order valence-electron chi connectivity index (χ3n) is 16.2. The monoisotopic (exact) mass is 1070 g/mol. The van der Waals surface area contributed by atoms with E-state index in [2.05, 4.69) is 46.4 Å². The number of amides is 1. The van der Waals surface area contributed by atoms with Crippen molar-refractivity contribution in [1.29, 1.82) is 0 Å². The number of nitrogens with two attached hydrogens (primary N) is 1. The van der Waals surface area contributed by atoms with Gasteiger partial charge in [-0.25, -0.2) is 0 Å². The van der Waals surface area contributed by atoms with Crippen LogP contribution in [-0.4, -0.2) is 67.7 Å². The summed E-state index contributed by atoms with van der Waals surface area (Å²) >= 11 is 0. The Balaban J connectivity index is 5.58. The zero-order chi connectivity index (χ0) is 55.8. The molecule has 3 atom stereocenters. The quantitative estimate of drug-likeness (QED) is 0.0363. The molecule has 0 spiro atoms. The maximum Gasteiger partial charge on any atom is 0.305 e. The second-order valence-corrected chi connectivity index (χ2v) is 23.6. The smallest absolute Gasteiger partial charge is 0.305 e. The Kier molecular flexibility index (Phi) is 55.9. The fraction of sp³-hybridized carbons (Fsp3) is 0.940. The van der Waals surface area contributed by atoms with Crippen molar-refractivity contribution in [3.8, 4) is 0 Å². The summed E-state index contributed by atoms with van der Waals surface area (Å²) in [7, 11) is 0. The van der Waals surface area contributed by atoms with Crippen molar-refractivity contribution in [2.45, 2.75) is 356 Å². The SMILES string of the molecule is CCCCCCCCC(CCCCCC)COC(=O)CCCCCC(CCCCCC(=O)OCC(CCCCCC)CCCCCCCC)N(CCCCCC(=O)OCC(CCCC)CCCCCC)C(=O)CCCN. The average Bonchev–Trinajstić information content (AvgIpc) is 3.42. The van der Waals surface area contributed by atoms with E-state index in [4.69, 9.17) is 19.9 Å². The predicted octanol–water partition coefficient (Wildman–Crippen LogP) is 19.5. The summed E-state index contributed by atoms with van der Waals surface area (Å²) in [6, 6.07) is 0.0809. The second-order valence-electron chi connectivity index (χ2n) is 23.6. The molecule has 0 bridgehead atoms. The number of esters is 3. The zero-order valence-corrected chi connectivity index (χ0v) is 51.7. The third-order valence-corrected chi connectivity index (χ3v) is 16.2. The molecule has 0 aromatic heterocycles. The number of carbonyl (C=O) groups excluding carboxylic acids is 4. The normalized spacial score (nSPS) is 13.1. The molecule has 0 aliphatic rings. The van der Waals surface area contributed by atoms with Crippen LogP contribution in [0, 0.1) is 17.8 Å². The summed E-state index contributed by atoms with van der Waals surface area (Å²) in [5.41, 5.74) is 5.93. The molecule has 9 nitrogen and oxygen atoms in total. The van der Waals surface area contributed by atoms with Crippen LogP contribution in [0.15, 0.2) is 0 Å². The molecule has 0 radical (unpaired) electrons. The van der Waals surface area contributed by atoms with Gasteiger partial charge < -0.3 is 24.8 Å². The van der Waals surface area contributed by atoms with Crippen molar-refractivity contribution in [3.05, 3.63) is 0 Å². The van der Waals surface area contributed by atoms with Gasteiger partial charge in [0.25, 0.3) is 0 Å². The maximum absolute atomic E-state index is 14.0. The van der Waals surface area contributed by atoms with Gasteiger partial charge >= 0.3 is 17.9 Å². The van der Waals surface area contributed by atoms with E-state index < -0.39 is 0 Å². The lowest BCUT2D eigenvalue weighted by atomic mass is 9.95. The lowest BCUT2D eigenvalue weighted by Crippen LogP contribution is -2.41. The molecule has 0 rings (SSSR count). The fourth-order valence-corrected chi connectivity index (χ4v) is 11.0. The van der Waals surface area contributed by atoms with E-state index in [0.717, 1.165) is 116 Å². The predicted molar refractivity (Wildman–Crippen MR) is 324 cm³/mol. The molecule has 0 fully saturated rings. The van der Waals surface area contributed by atoms with Gasteiger partial charge in [0.2, 0.25) is 5.91 Å². The van der Waals surface area contributed by atoms with Gasteiger partial charge in [0, 0.05) is 38.3 Å². The molecule has 0 saturated heterocycles. The minimum Gasteiger partial charge on any atom is -0.465 e. The number of carbonyl (C=O) groups is 4. The van der Waals surface area contributed by atoms with Crippen LogP contribution in [0.1, 0.15) is 350 Å². The Morgan fingerprint density at radius 2 is 0.592 bits per heavy atom. The van der Waals surface area contributed by atoms with Crippen LogP contribution in [0.5, 0.6) is 0 Å². The minimum atomic E-state index is -0.0950. The van der Waals surface area contributed by atoms with Crippen LogP contribution >= 0.6 is 0 Å². The standard InChI is InChI=1S/C67H130N2O7/c1-7-13-19-24-26-34-47-61(45-32-22-16-10-4)58-75-65(71)52-38-28-36-49-63(50-37-29-39-53-66(72)76-59-62(46-33-23-17-11-5)48-35-27-25-20-14-8-2)69(64(70)51-42-55-68)56-41-30-40-54-67(73)74-57-60(43-18-12-6)44-31-21-15-9-3/h60-63H,7-59,68H2,1-6H3. The van der Waals surface area contributed by atoms with Crippen LogP contribution in [0.4, 0.5) is 0 Å². The molecule has 0 aliphatic heterocycles. The van der Waals surface area contributed by atoms with Gasteiger partial charge in [-0.2, -0.15) is 0 Å². The number of rotatable bonds is 60. The molecule has 0 aromatic carbocycles. The summed E-state index contributed by atoms with van der Waals surface area (Å²) in [5, 5.41) is 0. The topological polar surface area (TPSA) is 125 Å². The van der Waals surface area contributed by atoms with E-state index in [9.17, 15) is 19.2 Å². The molecular formula is C67H130N2O7. The van der Waals surface area contributed by atoms with Gasteiger partial charge in [0.05, 0.1) is 19.8 Å². The van der Waals surface area contributed by atoms with E-state index in [1.54, 1.807) is 0 Å². The molecule has 0 heterocycles. The number of ether oxygens (including phenoxy) is 3. The Labute approximate surface area is 472 Å². The van der Waals surface area contributed by atoms with Crippen LogP contribution in [0.25, 0.3) is 0 Å². The van der Waals surface area contributed by atoms with Crippen molar-refractivity contribution in [2.75, 3.05) is 32.9 Å². The first kappa shape index (κ1) is 73.8. The van der Waals surface area contributed by atoms with E-state index in [1.807, 2.05) is 0 Å². The molecule has 3 unspecified atom stereocenters. The molecule has 9 heteroatoms. The number of hydrogen-bond donors (Lipinski definition) is 1. The highest BCUT2D eigenvalue weighted by Crippen LogP contribution is 2.25. The summed E-state index contributed by atoms with van der Waals surface area (Å²) in [4.78, 5) is 55.1. The van der Waals surface area contributed by atoms with Crippen molar-refractivity contribution >= 4 is 23.8 Å². The lowest BCUT2D eigenvalue weighted by molar-refractivity contribution is -0.146. The first-order valence-electron chi connectivity index (χ1n) is 33.6. The van der Waals surface area contributed by atoms with E-state index in [0.29, 0.717) is 82.8 Å². The highest BCUT2D eigenvalue weighted by molar-refractivity contribution is 5.76. The van der Waals surface area contributed by atoms with Crippen molar-refractivity contribution in [1.82, 2.24) is 4.90 Å². The number of hydrogen-bond acceptors (Lipinski definition) is 8. The highest BCUT2D eigenvalue weighted by Gasteiger charge is 2.23. The molecule has 76 heavy (non-hydrogen) atoms. The van der Waals surface area contributed by atoms with Crippen LogP contribution in [0.2, 0.25) is 0 Å². The lowest BCUT2D eigenvalue weighted by Gasteiger charge is -2.33. The molecule has 0 aromatic rings. The maximum atomic E-state index is 14.0. The molecule has 450 valence electrons. The highest BCUT2D eigenvalue weighted by atomic mass is 16.5. The van der Waals surface area contributed by atoms with Gasteiger partial charge in [0.1, 0.15) is 0 Å². The van der Waals surface area contributed by atoms with Gasteiger partial charge in [-0.05, 0) is 108 Å². The summed E-state index contributed by atoms with van der Waals surface area (Å²) in [6.07, 6.45) is 51.5. The third kappa shape index (κ3) is 47.8. The first-order valence-corrected chi connectivity index (χ1v) is 33.6. The Hall–Kier alpha value is -2.16. The van der Waals surface area contributed by atoms with Gasteiger partial charge in [-0.3, -0.25) is 19.2 Å². The fourth-order valence-electron chi connectivity index (χ4n) is 11.0. The molecule has 2 N–H and O–H groups in total. The van der Waals surface area contributed by atoms with Gasteiger partial charge in [0.15, 0.2) is 0 Å². The van der Waals surface area contributed by atoms with Gasteiger partial charge in [-0.15, -0.1) is 0 Å². The molecular weight excluding hydrogens is 945 g/mol. The zero-order valence-electron chi connectivity index (χ0n) is 51.7. The minimum absolute atomic E-state index is 0.0712. The summed E-state index contributed by atoms with van der Waals surface area (Å²) < 4.78 is 17.7. The largest absolute Gasteiger partial charge is 0.465 e. The molecule has 1 amide bonds. The van der Waals surface area contributed by atoms with E-state index >= 15 is 0 Å². The Bertz CT molecular complexity index is 1220. The van der Waals surface area contributed by atoms with E-state index in [-0.39, 0.29) is 29.9 Å². The Morgan fingerprint density at radius 1 is 0.316 bits per heavy atom. The van der Waals surface area contributed by atoms with Crippen LogP contribution < -0.4 is 5.73 Å². The van der Waals surface area contributed by atoms with Gasteiger partial charge in [-0.1, -0.05) is 241 Å². The van der Waals surface area contributed by atoms with Crippen LogP contribution in [0.3, 0.4) is 0 Å². The number of unbranched alkanes of at least 4 members (excludes halogenated alkanes) is 26. The summed E-state index contributed by atoms with van der Waals surface area (Å²) in [6.45, 7) is 16.3. The average molecular weight is 1080 g/mol.